The van der Waals surface area contributed by atoms with Gasteiger partial charge in [-0.05, 0) is 25.7 Å². The Hall–Kier alpha value is 2.40. The predicted octanol–water partition coefficient (Wildman–Crippen LogP) is 27.3. The van der Waals surface area contributed by atoms with Crippen molar-refractivity contribution in [3.05, 3.63) is 0 Å². The molecule has 0 fully saturated rings. The van der Waals surface area contributed by atoms with E-state index in [1.165, 1.54) is 405 Å². The van der Waals surface area contributed by atoms with Crippen LogP contribution < -0.4 is 9.79 Å². The van der Waals surface area contributed by atoms with Crippen LogP contribution in [-0.2, 0) is 28.6 Å². The Bertz CT molecular complexity index is 1020. The van der Waals surface area contributed by atoms with Crippen LogP contribution in [0.4, 0.5) is 0 Å². The van der Waals surface area contributed by atoms with Crippen LogP contribution in [0.2, 0.25) is 0 Å². The molecule has 4 nitrogen and oxygen atoms in total. The van der Waals surface area contributed by atoms with E-state index in [1.807, 2.05) is 0 Å². The minimum atomic E-state index is -3.29. The molecule has 0 spiro atoms. The van der Waals surface area contributed by atoms with E-state index >= 15 is 0 Å². The number of hydrogen-bond donors (Lipinski definition) is 0. The average molecular weight is 1280 g/mol. The van der Waals surface area contributed by atoms with Crippen molar-refractivity contribution in [3.63, 3.8) is 0 Å². The monoisotopic (exact) mass is 1270 g/mol. The molecule has 0 amide bonds. The fraction of sp³-hybridized carbons (Fsp3) is 1.00. The Labute approximate surface area is 527 Å². The third-order valence-electron chi connectivity index (χ3n) is 16.0. The Kier molecular flexibility index (Phi) is 80.9. The zero-order chi connectivity index (χ0) is 57.1. The molecule has 0 saturated heterocycles. The summed E-state index contributed by atoms with van der Waals surface area (Å²) in [4.78, 5) is 24.6. The van der Waals surface area contributed by atoms with Crippen molar-refractivity contribution in [2.45, 2.75) is 413 Å². The molecule has 0 N–H and O–H groups in total. The Morgan fingerprint density at radius 3 is 0.380 bits per heavy atom. The smallest absolute Gasteiger partial charge is 0.784 e. The first-order valence-electron chi connectivity index (χ1n) is 35.4. The van der Waals surface area contributed by atoms with Gasteiger partial charge >= 0.3 is 19.5 Å². The van der Waals surface area contributed by atoms with E-state index in [0.29, 0.717) is 0 Å². The van der Waals surface area contributed by atoms with Gasteiger partial charge in [-0.15, -0.1) is 45.5 Å². The van der Waals surface area contributed by atoms with Crippen LogP contribution in [0.25, 0.3) is 0 Å². The first-order valence-corrected chi connectivity index (χ1v) is 45.1. The second-order valence-electron chi connectivity index (χ2n) is 24.0. The van der Waals surface area contributed by atoms with Crippen LogP contribution in [0.5, 0.6) is 0 Å². The quantitative estimate of drug-likeness (QED) is 0.0339. The normalized spacial score (nSPS) is 11.8. The van der Waals surface area contributed by atoms with Gasteiger partial charge in [0.05, 0.1) is 0 Å². The van der Waals surface area contributed by atoms with Gasteiger partial charge < -0.3 is 18.9 Å². The minimum absolute atomic E-state index is 0. The van der Waals surface area contributed by atoms with Gasteiger partial charge in [-0.2, -0.15) is 0 Å². The van der Waals surface area contributed by atoms with Gasteiger partial charge in [0, 0.05) is 23.0 Å². The number of hydrogen-bond acceptors (Lipinski definition) is 8. The molecule has 0 unspecified atom stereocenters. The second kappa shape index (κ2) is 74.7. The van der Waals surface area contributed by atoms with Crippen molar-refractivity contribution in [2.24, 2.45) is 0 Å². The summed E-state index contributed by atoms with van der Waals surface area (Å²) in [6.07, 6.45) is 81.3. The average Bonchev–Trinajstić information content (AvgIpc) is 3.42. The van der Waals surface area contributed by atoms with Gasteiger partial charge in [0.1, 0.15) is 11.5 Å². The molecule has 11 heteroatoms. The zero-order valence-electron chi connectivity index (χ0n) is 54.1. The van der Waals surface area contributed by atoms with Gasteiger partial charge in [0.2, 0.25) is 0 Å². The maximum absolute atomic E-state index is 12.3. The molecule has 0 aromatic rings. The molecule has 0 aliphatic carbocycles. The van der Waals surface area contributed by atoms with Gasteiger partial charge in [-0.25, -0.2) is 0 Å². The van der Waals surface area contributed by atoms with E-state index in [9.17, 15) is 18.9 Å². The molecule has 0 aromatic carbocycles. The Balaban J connectivity index is -0.00000144. The van der Waals surface area contributed by atoms with E-state index < -0.39 is 11.5 Å². The van der Waals surface area contributed by atoms with E-state index in [1.54, 1.807) is 0 Å². The predicted molar refractivity (Wildman–Crippen MR) is 365 cm³/mol. The molecule has 79 heavy (non-hydrogen) atoms. The van der Waals surface area contributed by atoms with Crippen molar-refractivity contribution in [1.82, 2.24) is 0 Å². The summed E-state index contributed by atoms with van der Waals surface area (Å²) in [5.41, 5.74) is 0. The summed E-state index contributed by atoms with van der Waals surface area (Å²) >= 11 is 4.86. The molecular weight excluding hydrogens is 1140 g/mol. The fourth-order valence-electron chi connectivity index (χ4n) is 10.7. The molecule has 0 radical (unpaired) electrons. The molecule has 0 aromatic heterocycles. The van der Waals surface area contributed by atoms with Crippen LogP contribution in [0.1, 0.15) is 413 Å². The maximum Gasteiger partial charge on any atom is 2.00 e. The molecule has 0 rings (SSSR count). The Morgan fingerprint density at radius 1 is 0.190 bits per heavy atom. The second-order valence-corrected chi connectivity index (χ2v) is 38.7. The third-order valence-corrected chi connectivity index (χ3v) is 28.9. The molecular formula is C68H140O4P2S4Zn. The molecule has 0 heterocycles. The Morgan fingerprint density at radius 2 is 0.278 bits per heavy atom. The van der Waals surface area contributed by atoms with E-state index in [0.717, 1.165) is 48.7 Å². The minimum Gasteiger partial charge on any atom is -0.784 e. The van der Waals surface area contributed by atoms with Gasteiger partial charge in [0.15, 0.2) is 0 Å². The number of unbranched alkanes of at least 4 members (excludes halogenated alkanes) is 56. The topological polar surface area (TPSA) is 80.3 Å². The zero-order valence-corrected chi connectivity index (χ0v) is 62.1. The van der Waals surface area contributed by atoms with Gasteiger partial charge in [0.25, 0.3) is 0 Å². The first-order chi connectivity index (χ1) is 38.2. The van der Waals surface area contributed by atoms with Crippen molar-refractivity contribution in [1.29, 1.82) is 0 Å². The summed E-state index contributed by atoms with van der Waals surface area (Å²) in [5, 5.41) is 0. The van der Waals surface area contributed by atoms with Gasteiger partial charge in [-0.3, -0.25) is 0 Å². The van der Waals surface area contributed by atoms with Gasteiger partial charge in [-0.1, -0.05) is 387 Å². The van der Waals surface area contributed by atoms with Crippen molar-refractivity contribution in [3.8, 4) is 0 Å². The largest absolute Gasteiger partial charge is 2.00 e. The van der Waals surface area contributed by atoms with E-state index in [4.69, 9.17) is 0 Å². The molecule has 0 aliphatic rings. The molecule has 0 bridgehead atoms. The van der Waals surface area contributed by atoms with Crippen LogP contribution in [-0.4, -0.2) is 23.0 Å². The van der Waals surface area contributed by atoms with Crippen molar-refractivity contribution >= 4 is 57.1 Å². The van der Waals surface area contributed by atoms with Crippen LogP contribution in [0.3, 0.4) is 0 Å². The SMILES string of the molecule is CCCCCCCCCCCCCCCCCSP(=O)([O-])SCCCCCCCCCCCCCCCCC.CCCCCCCCCCCCCCCCCSP(=O)([O-])SCCCCCCCCCCCCCCCCC.[Zn+2]. The van der Waals surface area contributed by atoms with Crippen LogP contribution in [0.15, 0.2) is 0 Å². The standard InChI is InChI=1S/2C34H71O2PS2.Zn/c2*1-3-5-7-9-11-13-15-17-19-21-23-25-27-29-31-33-38-37(35,36)39-34-32-30-28-26-24-22-20-18-16-14-12-10-8-6-4-2;/h2*3-34H2,1-2H3,(H,35,36);/q;;+2/p-2. The van der Waals surface area contributed by atoms with E-state index in [2.05, 4.69) is 27.7 Å². The first kappa shape index (κ1) is 85.6. The van der Waals surface area contributed by atoms with Crippen molar-refractivity contribution < 1.29 is 38.4 Å². The summed E-state index contributed by atoms with van der Waals surface area (Å²) in [5.74, 6) is -3.44. The van der Waals surface area contributed by atoms with E-state index in [-0.39, 0.29) is 19.5 Å². The van der Waals surface area contributed by atoms with Crippen LogP contribution >= 0.6 is 57.1 Å². The molecule has 0 atom stereocenters. The maximum atomic E-state index is 12.3. The summed E-state index contributed by atoms with van der Waals surface area (Å²) in [7, 11) is 0. The number of rotatable bonds is 68. The summed E-state index contributed by atoms with van der Waals surface area (Å²) < 4.78 is 24.6. The fourth-order valence-corrected chi connectivity index (χ4v) is 21.8. The molecule has 472 valence electrons. The molecule has 0 aliphatic heterocycles. The summed E-state index contributed by atoms with van der Waals surface area (Å²) in [6, 6.07) is 0. The van der Waals surface area contributed by atoms with Crippen molar-refractivity contribution in [2.75, 3.05) is 23.0 Å². The summed E-state index contributed by atoms with van der Waals surface area (Å²) in [6.45, 7) is 9.14. The van der Waals surface area contributed by atoms with Crippen LogP contribution in [0, 0.1) is 0 Å². The third kappa shape index (κ3) is 80.4. The molecule has 0 saturated carbocycles.